The van der Waals surface area contributed by atoms with Crippen LogP contribution in [0.4, 0.5) is 0 Å². The van der Waals surface area contributed by atoms with E-state index >= 15 is 0 Å². The highest BCUT2D eigenvalue weighted by Crippen LogP contribution is 2.13. The van der Waals surface area contributed by atoms with E-state index in [9.17, 15) is 9.59 Å². The van der Waals surface area contributed by atoms with Gasteiger partial charge in [-0.15, -0.1) is 12.3 Å². The van der Waals surface area contributed by atoms with Gasteiger partial charge in [-0.1, -0.05) is 6.92 Å². The lowest BCUT2D eigenvalue weighted by molar-refractivity contribution is -0.145. The van der Waals surface area contributed by atoms with Crippen molar-refractivity contribution in [3.8, 4) is 12.3 Å². The Morgan fingerprint density at radius 2 is 2.20 bits per heavy atom. The molecule has 3 N–H and O–H groups in total. The number of carbonyl (C=O) groups excluding carboxylic acids is 1. The predicted molar refractivity (Wildman–Crippen MR) is 64.0 cm³/mol. The van der Waals surface area contributed by atoms with Crippen LogP contribution >= 0.6 is 22.9 Å². The van der Waals surface area contributed by atoms with E-state index < -0.39 is 24.0 Å². The van der Waals surface area contributed by atoms with Gasteiger partial charge in [0.2, 0.25) is 5.91 Å². The maximum Gasteiger partial charge on any atom is 0.327 e. The lowest BCUT2D eigenvalue weighted by atomic mass is 10.1. The molecule has 0 aliphatic heterocycles. The highest BCUT2D eigenvalue weighted by atomic mass is 127. The Bertz CT molecular complexity index is 288. The zero-order valence-corrected chi connectivity index (χ0v) is 10.5. The number of carboxylic acids is 1. The topological polar surface area (TPSA) is 83.6 Å². The summed E-state index contributed by atoms with van der Waals surface area (Å²) in [7, 11) is 0. The normalized spacial score (nSPS) is 13.7. The van der Waals surface area contributed by atoms with Crippen molar-refractivity contribution in [3.63, 3.8) is 0 Å². The molecule has 0 heterocycles. The zero-order chi connectivity index (χ0) is 12.0. The number of hydrogen-bond donors (Lipinski definition) is 2. The average Bonchev–Trinajstić information content (AvgIpc) is 2.17. The summed E-state index contributed by atoms with van der Waals surface area (Å²) in [5.41, 5.74) is 5.49. The summed E-state index contributed by atoms with van der Waals surface area (Å²) in [5, 5.41) is 8.82. The molecule has 6 heteroatoms. The molecule has 0 aromatic carbocycles. The molecule has 0 saturated heterocycles. The number of terminal acetylenes is 1. The highest BCUT2D eigenvalue weighted by Gasteiger charge is 2.29. The van der Waals surface area contributed by atoms with Crippen molar-refractivity contribution >= 4 is 34.7 Å². The fraction of sp³-hybridized carbons (Fsp3) is 0.556. The van der Waals surface area contributed by atoms with Gasteiger partial charge in [0.05, 0.1) is 28.9 Å². The molecule has 0 spiro atoms. The molecule has 0 bridgehead atoms. The number of rotatable bonds is 5. The molecule has 0 aromatic rings. The van der Waals surface area contributed by atoms with E-state index in [2.05, 4.69) is 5.92 Å². The van der Waals surface area contributed by atoms with Gasteiger partial charge >= 0.3 is 5.97 Å². The summed E-state index contributed by atoms with van der Waals surface area (Å²) in [4.78, 5) is 22.3. The summed E-state index contributed by atoms with van der Waals surface area (Å²) in [6, 6.07) is -1.69. The maximum absolute atomic E-state index is 11.6. The Balaban J connectivity index is 4.55. The van der Waals surface area contributed by atoms with Gasteiger partial charge in [-0.05, 0) is 6.42 Å². The molecule has 0 fully saturated rings. The lowest BCUT2D eigenvalue weighted by Crippen LogP contribution is -2.45. The average molecular weight is 324 g/mol. The first-order valence-corrected chi connectivity index (χ1v) is 5.32. The molecule has 1 amide bonds. The molecule has 5 nitrogen and oxygen atoms in total. The number of nitrogens with zero attached hydrogens (tertiary/aromatic N) is 1. The molecular weight excluding hydrogens is 311 g/mol. The Labute approximate surface area is 102 Å². The molecule has 0 radical (unpaired) electrons. The number of aliphatic carboxylic acids is 1. The number of carbonyl (C=O) groups is 2. The number of halogens is 1. The van der Waals surface area contributed by atoms with E-state index in [1.54, 1.807) is 29.8 Å². The standard InChI is InChI=1S/C9H13IN2O3/c1-3-5-6(11)8(13)12(10)7(4-2)9(14)15/h1,6-7H,4-5,11H2,2H3,(H,14,15)/t6-,7-/m0/s1. The Kier molecular flexibility index (Phi) is 6.27. The monoisotopic (exact) mass is 324 g/mol. The van der Waals surface area contributed by atoms with Crippen LogP contribution in [-0.2, 0) is 9.59 Å². The SMILES string of the molecule is C#CC[C@H](N)C(=O)N(I)[C@@H](CC)C(=O)O. The molecule has 0 unspecified atom stereocenters. The van der Waals surface area contributed by atoms with Gasteiger partial charge in [-0.2, -0.15) is 0 Å². The van der Waals surface area contributed by atoms with Crippen LogP contribution in [0.5, 0.6) is 0 Å². The van der Waals surface area contributed by atoms with Crippen LogP contribution in [0.1, 0.15) is 19.8 Å². The van der Waals surface area contributed by atoms with E-state index in [1.165, 1.54) is 0 Å². The van der Waals surface area contributed by atoms with Crippen LogP contribution in [-0.4, -0.2) is 32.2 Å². The Morgan fingerprint density at radius 3 is 2.53 bits per heavy atom. The summed E-state index contributed by atoms with van der Waals surface area (Å²) < 4.78 is 1.10. The maximum atomic E-state index is 11.6. The van der Waals surface area contributed by atoms with Gasteiger partial charge in [0.1, 0.15) is 6.04 Å². The van der Waals surface area contributed by atoms with Crippen molar-refractivity contribution in [2.24, 2.45) is 5.73 Å². The van der Waals surface area contributed by atoms with Crippen LogP contribution in [0.15, 0.2) is 0 Å². The molecule has 84 valence electrons. The van der Waals surface area contributed by atoms with E-state index in [-0.39, 0.29) is 6.42 Å². The molecule has 0 aliphatic carbocycles. The van der Waals surface area contributed by atoms with Gasteiger partial charge in [-0.3, -0.25) is 7.91 Å². The zero-order valence-electron chi connectivity index (χ0n) is 8.31. The third-order valence-corrected chi connectivity index (χ3v) is 2.96. The number of carboxylic acid groups (broad SMARTS) is 1. The predicted octanol–water partition coefficient (Wildman–Crippen LogP) is 0.379. The lowest BCUT2D eigenvalue weighted by Gasteiger charge is -2.23. The largest absolute Gasteiger partial charge is 0.480 e. The smallest absolute Gasteiger partial charge is 0.327 e. The van der Waals surface area contributed by atoms with Crippen molar-refractivity contribution in [2.75, 3.05) is 0 Å². The van der Waals surface area contributed by atoms with Crippen molar-refractivity contribution < 1.29 is 14.7 Å². The molecule has 15 heavy (non-hydrogen) atoms. The highest BCUT2D eigenvalue weighted by molar-refractivity contribution is 14.1. The number of amides is 1. The van der Waals surface area contributed by atoms with Crippen molar-refractivity contribution in [2.45, 2.75) is 31.8 Å². The van der Waals surface area contributed by atoms with Crippen LogP contribution in [0.3, 0.4) is 0 Å². The third-order valence-electron chi connectivity index (χ3n) is 1.81. The van der Waals surface area contributed by atoms with Gasteiger partial charge < -0.3 is 10.8 Å². The van der Waals surface area contributed by atoms with Crippen molar-refractivity contribution in [1.82, 2.24) is 3.11 Å². The van der Waals surface area contributed by atoms with Gasteiger partial charge in [0.15, 0.2) is 0 Å². The second-order valence-electron chi connectivity index (χ2n) is 2.93. The molecule has 2 atom stereocenters. The van der Waals surface area contributed by atoms with Gasteiger partial charge in [0.25, 0.3) is 0 Å². The van der Waals surface area contributed by atoms with Crippen molar-refractivity contribution in [3.05, 3.63) is 0 Å². The first-order chi connectivity index (χ1) is 6.95. The third kappa shape index (κ3) is 4.05. The van der Waals surface area contributed by atoms with E-state index in [1.807, 2.05) is 0 Å². The molecular formula is C9H13IN2O3. The quantitative estimate of drug-likeness (QED) is 0.435. The second kappa shape index (κ2) is 6.63. The minimum absolute atomic E-state index is 0.106. The first-order valence-electron chi connectivity index (χ1n) is 4.36. The second-order valence-corrected chi connectivity index (χ2v) is 3.97. The van der Waals surface area contributed by atoms with Crippen molar-refractivity contribution in [1.29, 1.82) is 0 Å². The van der Waals surface area contributed by atoms with E-state index in [0.29, 0.717) is 6.42 Å². The Hall–Kier alpha value is -0.810. The summed E-state index contributed by atoms with van der Waals surface area (Å²) in [5.74, 6) is 0.762. The van der Waals surface area contributed by atoms with Crippen LogP contribution in [0, 0.1) is 12.3 Å². The molecule has 0 rings (SSSR count). The van der Waals surface area contributed by atoms with Gasteiger partial charge in [0, 0.05) is 6.42 Å². The summed E-state index contributed by atoms with van der Waals surface area (Å²) in [6.07, 6.45) is 5.45. The Morgan fingerprint density at radius 1 is 1.67 bits per heavy atom. The van der Waals surface area contributed by atoms with Crippen LogP contribution in [0.25, 0.3) is 0 Å². The van der Waals surface area contributed by atoms with Gasteiger partial charge in [-0.25, -0.2) is 4.79 Å². The summed E-state index contributed by atoms with van der Waals surface area (Å²) in [6.45, 7) is 1.68. The molecule has 0 aromatic heterocycles. The fourth-order valence-electron chi connectivity index (χ4n) is 0.958. The number of hydrogen-bond acceptors (Lipinski definition) is 3. The molecule has 0 saturated carbocycles. The fourth-order valence-corrected chi connectivity index (χ4v) is 1.95. The number of nitrogens with two attached hydrogens (primary N) is 1. The minimum atomic E-state index is -1.05. The summed E-state index contributed by atoms with van der Waals surface area (Å²) >= 11 is 1.65. The van der Waals surface area contributed by atoms with Crippen LogP contribution in [0.2, 0.25) is 0 Å². The minimum Gasteiger partial charge on any atom is -0.480 e. The van der Waals surface area contributed by atoms with Crippen LogP contribution < -0.4 is 5.73 Å². The first kappa shape index (κ1) is 14.2. The van der Waals surface area contributed by atoms with E-state index in [0.717, 1.165) is 3.11 Å². The van der Waals surface area contributed by atoms with E-state index in [4.69, 9.17) is 17.3 Å². The molecule has 0 aliphatic rings.